The number of amides is 2. The predicted octanol–water partition coefficient (Wildman–Crippen LogP) is -0.638. The molecule has 1 aliphatic carbocycles. The minimum Gasteiger partial charge on any atom is -0.481 e. The number of carbonyl (C=O) groups excluding carboxylic acids is 2. The molecule has 0 radical (unpaired) electrons. The van der Waals surface area contributed by atoms with Crippen LogP contribution in [0.1, 0.15) is 12.8 Å². The van der Waals surface area contributed by atoms with Gasteiger partial charge in [0.2, 0.25) is 11.8 Å². The van der Waals surface area contributed by atoms with E-state index in [-0.39, 0.29) is 11.8 Å². The standard InChI is InChI=1S/C13H16N4O4/c1-16-6-7(5-14-16)17-3-2-10(12(17)19)15-11(18)8-4-9(8)13(20)21/h5-6,8-10H,2-4H2,1H3,(H,15,18)(H,20,21). The third-order valence-electron chi connectivity index (χ3n) is 3.97. The predicted molar refractivity (Wildman–Crippen MR) is 71.3 cm³/mol. The number of aryl methyl sites for hydroxylation is 1. The number of carbonyl (C=O) groups is 3. The van der Waals surface area contributed by atoms with E-state index in [0.29, 0.717) is 25.1 Å². The fraction of sp³-hybridized carbons (Fsp3) is 0.538. The van der Waals surface area contributed by atoms with Crippen molar-refractivity contribution in [3.05, 3.63) is 12.4 Å². The number of carboxylic acids is 1. The maximum atomic E-state index is 12.3. The molecule has 2 N–H and O–H groups in total. The number of hydrogen-bond acceptors (Lipinski definition) is 4. The van der Waals surface area contributed by atoms with Gasteiger partial charge in [-0.05, 0) is 12.8 Å². The molecule has 1 saturated carbocycles. The van der Waals surface area contributed by atoms with Crippen molar-refractivity contribution in [2.75, 3.05) is 11.4 Å². The fourth-order valence-electron chi connectivity index (χ4n) is 2.65. The Bertz CT molecular complexity index is 611. The van der Waals surface area contributed by atoms with Crippen LogP contribution >= 0.6 is 0 Å². The monoisotopic (exact) mass is 292 g/mol. The van der Waals surface area contributed by atoms with Gasteiger partial charge >= 0.3 is 5.97 Å². The van der Waals surface area contributed by atoms with Crippen LogP contribution in [0.25, 0.3) is 0 Å². The maximum Gasteiger partial charge on any atom is 0.307 e. The molecule has 3 rings (SSSR count). The molecular formula is C13H16N4O4. The lowest BCUT2D eigenvalue weighted by Crippen LogP contribution is -2.42. The molecule has 0 aromatic carbocycles. The van der Waals surface area contributed by atoms with Gasteiger partial charge in [0, 0.05) is 19.8 Å². The van der Waals surface area contributed by atoms with Crippen LogP contribution in [0.15, 0.2) is 12.4 Å². The number of carboxylic acid groups (broad SMARTS) is 1. The summed E-state index contributed by atoms with van der Waals surface area (Å²) in [5, 5.41) is 15.5. The van der Waals surface area contributed by atoms with Gasteiger partial charge in [-0.2, -0.15) is 5.10 Å². The number of nitrogens with zero attached hydrogens (tertiary/aromatic N) is 3. The van der Waals surface area contributed by atoms with Crippen LogP contribution < -0.4 is 10.2 Å². The molecule has 3 atom stereocenters. The van der Waals surface area contributed by atoms with Gasteiger partial charge in [0.1, 0.15) is 6.04 Å². The van der Waals surface area contributed by atoms with E-state index in [2.05, 4.69) is 10.4 Å². The first-order valence-corrected chi connectivity index (χ1v) is 6.80. The molecular weight excluding hydrogens is 276 g/mol. The average molecular weight is 292 g/mol. The van der Waals surface area contributed by atoms with Crippen molar-refractivity contribution in [1.29, 1.82) is 0 Å². The second kappa shape index (κ2) is 4.87. The van der Waals surface area contributed by atoms with Gasteiger partial charge in [-0.1, -0.05) is 0 Å². The van der Waals surface area contributed by atoms with Gasteiger partial charge in [0.15, 0.2) is 0 Å². The summed E-state index contributed by atoms with van der Waals surface area (Å²) in [6.07, 6.45) is 4.21. The Morgan fingerprint density at radius 3 is 2.76 bits per heavy atom. The van der Waals surface area contributed by atoms with E-state index in [4.69, 9.17) is 5.11 Å². The van der Waals surface area contributed by atoms with Crippen molar-refractivity contribution in [1.82, 2.24) is 15.1 Å². The molecule has 0 bridgehead atoms. The topological polar surface area (TPSA) is 105 Å². The van der Waals surface area contributed by atoms with Crippen molar-refractivity contribution < 1.29 is 19.5 Å². The highest BCUT2D eigenvalue weighted by Gasteiger charge is 2.49. The van der Waals surface area contributed by atoms with Gasteiger partial charge in [-0.25, -0.2) is 0 Å². The van der Waals surface area contributed by atoms with Crippen LogP contribution in [0, 0.1) is 11.8 Å². The van der Waals surface area contributed by atoms with Crippen LogP contribution in [0.2, 0.25) is 0 Å². The third-order valence-corrected chi connectivity index (χ3v) is 3.97. The highest BCUT2D eigenvalue weighted by Crippen LogP contribution is 2.39. The normalized spacial score (nSPS) is 27.8. The Labute approximate surface area is 120 Å². The number of aromatic nitrogens is 2. The lowest BCUT2D eigenvalue weighted by Gasteiger charge is -2.15. The summed E-state index contributed by atoms with van der Waals surface area (Å²) in [6, 6.07) is -0.576. The van der Waals surface area contributed by atoms with Crippen LogP contribution in [0.3, 0.4) is 0 Å². The molecule has 21 heavy (non-hydrogen) atoms. The zero-order chi connectivity index (χ0) is 15.1. The number of hydrogen-bond donors (Lipinski definition) is 2. The van der Waals surface area contributed by atoms with Gasteiger partial charge in [0.25, 0.3) is 0 Å². The molecule has 3 unspecified atom stereocenters. The number of nitrogens with one attached hydrogen (secondary N) is 1. The largest absolute Gasteiger partial charge is 0.481 e. The lowest BCUT2D eigenvalue weighted by molar-refractivity contribution is -0.140. The molecule has 2 aliphatic rings. The number of rotatable bonds is 4. The van der Waals surface area contributed by atoms with E-state index in [9.17, 15) is 14.4 Å². The van der Waals surface area contributed by atoms with E-state index in [1.807, 2.05) is 0 Å². The fourth-order valence-corrected chi connectivity index (χ4v) is 2.65. The summed E-state index contributed by atoms with van der Waals surface area (Å²) in [5.41, 5.74) is 0.703. The van der Waals surface area contributed by atoms with Crippen molar-refractivity contribution >= 4 is 23.5 Å². The average Bonchev–Trinajstić information content (AvgIpc) is 3.03. The first-order chi connectivity index (χ1) is 9.97. The molecule has 1 aliphatic heterocycles. The Hall–Kier alpha value is -2.38. The van der Waals surface area contributed by atoms with Crippen LogP contribution in [-0.2, 0) is 21.4 Å². The van der Waals surface area contributed by atoms with E-state index >= 15 is 0 Å². The smallest absolute Gasteiger partial charge is 0.307 e. The van der Waals surface area contributed by atoms with E-state index in [1.54, 1.807) is 29.0 Å². The van der Waals surface area contributed by atoms with Gasteiger partial charge in [0.05, 0.1) is 23.7 Å². The molecule has 1 aromatic rings. The second-order valence-corrected chi connectivity index (χ2v) is 5.50. The molecule has 0 spiro atoms. The Morgan fingerprint density at radius 2 is 2.19 bits per heavy atom. The molecule has 2 amide bonds. The quantitative estimate of drug-likeness (QED) is 0.768. The zero-order valence-electron chi connectivity index (χ0n) is 11.5. The molecule has 112 valence electrons. The van der Waals surface area contributed by atoms with Gasteiger partial charge < -0.3 is 15.3 Å². The summed E-state index contributed by atoms with van der Waals surface area (Å²) < 4.78 is 1.61. The Balaban J connectivity index is 1.60. The number of anilines is 1. The third kappa shape index (κ3) is 2.48. The highest BCUT2D eigenvalue weighted by molar-refractivity contribution is 6.02. The summed E-state index contributed by atoms with van der Waals surface area (Å²) in [6.45, 7) is 0.516. The first-order valence-electron chi connectivity index (χ1n) is 6.80. The SMILES string of the molecule is Cn1cc(N2CCC(NC(=O)C3CC3C(=O)O)C2=O)cn1. The van der Waals surface area contributed by atoms with Gasteiger partial charge in [-0.3, -0.25) is 19.1 Å². The molecule has 8 nitrogen and oxygen atoms in total. The molecule has 1 saturated heterocycles. The Kier molecular flexibility index (Phi) is 3.15. The van der Waals surface area contributed by atoms with E-state index < -0.39 is 23.8 Å². The summed E-state index contributed by atoms with van der Waals surface area (Å²) in [7, 11) is 1.77. The molecule has 8 heteroatoms. The summed E-state index contributed by atoms with van der Waals surface area (Å²) in [5.74, 6) is -2.57. The molecule has 1 aromatic heterocycles. The summed E-state index contributed by atoms with van der Waals surface area (Å²) >= 11 is 0. The van der Waals surface area contributed by atoms with Crippen molar-refractivity contribution in [2.24, 2.45) is 18.9 Å². The van der Waals surface area contributed by atoms with E-state index in [0.717, 1.165) is 0 Å². The zero-order valence-corrected chi connectivity index (χ0v) is 11.5. The van der Waals surface area contributed by atoms with Crippen LogP contribution in [-0.4, -0.2) is 45.3 Å². The van der Waals surface area contributed by atoms with Crippen molar-refractivity contribution in [3.63, 3.8) is 0 Å². The van der Waals surface area contributed by atoms with Crippen LogP contribution in [0.4, 0.5) is 5.69 Å². The number of aliphatic carboxylic acids is 1. The van der Waals surface area contributed by atoms with Crippen molar-refractivity contribution in [3.8, 4) is 0 Å². The minimum absolute atomic E-state index is 0.177. The Morgan fingerprint density at radius 1 is 1.43 bits per heavy atom. The highest BCUT2D eigenvalue weighted by atomic mass is 16.4. The minimum atomic E-state index is -0.954. The van der Waals surface area contributed by atoms with E-state index in [1.165, 1.54) is 0 Å². The van der Waals surface area contributed by atoms with Crippen LogP contribution in [0.5, 0.6) is 0 Å². The van der Waals surface area contributed by atoms with Crippen molar-refractivity contribution in [2.45, 2.75) is 18.9 Å². The summed E-state index contributed by atoms with van der Waals surface area (Å²) in [4.78, 5) is 36.5. The molecule has 2 heterocycles. The molecule has 2 fully saturated rings. The lowest BCUT2D eigenvalue weighted by atomic mass is 10.2. The van der Waals surface area contributed by atoms with Gasteiger partial charge in [-0.15, -0.1) is 0 Å². The first kappa shape index (κ1) is 13.6. The second-order valence-electron chi connectivity index (χ2n) is 5.50. The maximum absolute atomic E-state index is 12.3.